The van der Waals surface area contributed by atoms with Gasteiger partial charge in [0.2, 0.25) is 0 Å². The molecule has 0 spiro atoms. The van der Waals surface area contributed by atoms with E-state index in [9.17, 15) is 9.90 Å². The van der Waals surface area contributed by atoms with E-state index in [1.54, 1.807) is 0 Å². The van der Waals surface area contributed by atoms with Gasteiger partial charge in [0.1, 0.15) is 5.60 Å². The molecule has 0 saturated heterocycles. The van der Waals surface area contributed by atoms with Crippen molar-refractivity contribution in [1.29, 1.82) is 0 Å². The summed E-state index contributed by atoms with van der Waals surface area (Å²) in [5.41, 5.74) is -1.07. The van der Waals surface area contributed by atoms with Gasteiger partial charge in [-0.1, -0.05) is 13.8 Å². The summed E-state index contributed by atoms with van der Waals surface area (Å²) in [7, 11) is 0. The highest BCUT2D eigenvalue weighted by Gasteiger charge is 2.66. The molecule has 4 unspecified atom stereocenters. The molecule has 5 rings (SSSR count). The summed E-state index contributed by atoms with van der Waals surface area (Å²) in [6.45, 7) is 10.5. The van der Waals surface area contributed by atoms with Gasteiger partial charge < -0.3 is 9.84 Å². The zero-order valence-electron chi connectivity index (χ0n) is 16.0. The van der Waals surface area contributed by atoms with Crippen molar-refractivity contribution >= 4 is 5.97 Å². The Morgan fingerprint density at radius 1 is 1.04 bits per heavy atom. The van der Waals surface area contributed by atoms with Gasteiger partial charge in [-0.15, -0.1) is 0 Å². The van der Waals surface area contributed by atoms with Gasteiger partial charge >= 0.3 is 5.97 Å². The van der Waals surface area contributed by atoms with Crippen molar-refractivity contribution in [2.45, 2.75) is 84.3 Å². The average Bonchev–Trinajstić information content (AvgIpc) is 2.50. The minimum atomic E-state index is -0.485. The van der Waals surface area contributed by atoms with Crippen LogP contribution in [0, 0.1) is 40.9 Å². The third-order valence-electron chi connectivity index (χ3n) is 8.47. The third kappa shape index (κ3) is 2.29. The van der Waals surface area contributed by atoms with Crippen molar-refractivity contribution in [2.75, 3.05) is 0 Å². The van der Waals surface area contributed by atoms with Crippen LogP contribution < -0.4 is 0 Å². The van der Waals surface area contributed by atoms with Crippen molar-refractivity contribution in [2.24, 2.45) is 40.9 Å². The van der Waals surface area contributed by atoms with E-state index in [2.05, 4.69) is 13.8 Å². The van der Waals surface area contributed by atoms with E-state index in [1.807, 2.05) is 20.8 Å². The van der Waals surface area contributed by atoms with Crippen LogP contribution in [-0.4, -0.2) is 22.3 Å². The van der Waals surface area contributed by atoms with Crippen molar-refractivity contribution < 1.29 is 14.6 Å². The molecular formula is C21H34O3. The highest BCUT2D eigenvalue weighted by atomic mass is 16.6. The third-order valence-corrected chi connectivity index (χ3v) is 8.47. The highest BCUT2D eigenvalue weighted by molar-refractivity contribution is 5.76. The lowest BCUT2D eigenvalue weighted by atomic mass is 9.39. The van der Waals surface area contributed by atoms with E-state index in [0.717, 1.165) is 44.4 Å². The SMILES string of the molecule is CCC(C)(C)C(=O)OC12CC3C(C)C(C1)C1CC(C)(O)CC3C1C2. The van der Waals surface area contributed by atoms with E-state index in [1.165, 1.54) is 0 Å². The molecule has 3 nitrogen and oxygen atoms in total. The monoisotopic (exact) mass is 334 g/mol. The fourth-order valence-corrected chi connectivity index (χ4v) is 6.87. The van der Waals surface area contributed by atoms with Gasteiger partial charge in [0, 0.05) is 0 Å². The van der Waals surface area contributed by atoms with Crippen LogP contribution in [0.15, 0.2) is 0 Å². The quantitative estimate of drug-likeness (QED) is 0.788. The molecule has 0 radical (unpaired) electrons. The van der Waals surface area contributed by atoms with Gasteiger partial charge in [0.25, 0.3) is 0 Å². The summed E-state index contributed by atoms with van der Waals surface area (Å²) in [6.07, 6.45) is 5.81. The molecular weight excluding hydrogens is 300 g/mol. The molecule has 0 aliphatic heterocycles. The van der Waals surface area contributed by atoms with Gasteiger partial charge in [0.15, 0.2) is 0 Å². The maximum absolute atomic E-state index is 12.7. The highest BCUT2D eigenvalue weighted by Crippen LogP contribution is 2.68. The fraction of sp³-hybridized carbons (Fsp3) is 0.952. The zero-order chi connectivity index (χ0) is 17.5. The maximum atomic E-state index is 12.7. The summed E-state index contributed by atoms with van der Waals surface area (Å²) < 4.78 is 6.27. The van der Waals surface area contributed by atoms with Crippen LogP contribution in [0.2, 0.25) is 0 Å². The molecule has 0 aromatic heterocycles. The number of ether oxygens (including phenoxy) is 1. The first kappa shape index (κ1) is 16.9. The number of carbonyl (C=O) groups is 1. The molecule has 6 bridgehead atoms. The number of hydrogen-bond acceptors (Lipinski definition) is 3. The lowest BCUT2D eigenvalue weighted by Gasteiger charge is -2.68. The number of esters is 1. The molecule has 0 aromatic rings. The van der Waals surface area contributed by atoms with Crippen LogP contribution in [-0.2, 0) is 9.53 Å². The molecule has 0 heterocycles. The molecule has 5 saturated carbocycles. The lowest BCUT2D eigenvalue weighted by Crippen LogP contribution is -2.66. The van der Waals surface area contributed by atoms with E-state index in [-0.39, 0.29) is 17.0 Å². The number of aliphatic hydroxyl groups is 1. The van der Waals surface area contributed by atoms with E-state index < -0.39 is 5.60 Å². The second kappa shape index (κ2) is 4.99. The Hall–Kier alpha value is -0.570. The molecule has 4 atom stereocenters. The standard InChI is InChI=1S/C21H34O3/c1-6-19(3,4)18(22)24-21-9-13-12(2)14(10-21)16-8-20(5,23)7-15(13)17(16)11-21/h12-17,23H,6-11H2,1-5H3. The lowest BCUT2D eigenvalue weighted by molar-refractivity contribution is -0.255. The van der Waals surface area contributed by atoms with E-state index in [4.69, 9.17) is 4.74 Å². The first-order valence-corrected chi connectivity index (χ1v) is 10.0. The van der Waals surface area contributed by atoms with Gasteiger partial charge in [-0.25, -0.2) is 0 Å². The molecule has 0 amide bonds. The predicted octanol–water partition coefficient (Wildman–Crippen LogP) is 4.18. The Morgan fingerprint density at radius 3 is 2.00 bits per heavy atom. The normalized spacial score (nSPS) is 52.4. The Bertz CT molecular complexity index is 507. The Balaban J connectivity index is 1.61. The molecule has 136 valence electrons. The predicted molar refractivity (Wildman–Crippen MR) is 93.2 cm³/mol. The summed E-state index contributed by atoms with van der Waals surface area (Å²) in [6, 6.07) is 0. The smallest absolute Gasteiger partial charge is 0.312 e. The van der Waals surface area contributed by atoms with Crippen LogP contribution in [0.5, 0.6) is 0 Å². The summed E-state index contributed by atoms with van der Waals surface area (Å²) in [5, 5.41) is 10.7. The topological polar surface area (TPSA) is 46.5 Å². The molecule has 1 N–H and O–H groups in total. The maximum Gasteiger partial charge on any atom is 0.312 e. The van der Waals surface area contributed by atoms with Gasteiger partial charge in [0.05, 0.1) is 11.0 Å². The molecule has 0 aromatic carbocycles. The van der Waals surface area contributed by atoms with Gasteiger partial charge in [-0.05, 0) is 94.8 Å². The molecule has 5 aliphatic rings. The molecule has 3 heteroatoms. The molecule has 5 fully saturated rings. The van der Waals surface area contributed by atoms with Crippen LogP contribution in [0.25, 0.3) is 0 Å². The van der Waals surface area contributed by atoms with Crippen molar-refractivity contribution in [3.63, 3.8) is 0 Å². The minimum absolute atomic E-state index is 0.00300. The molecule has 5 aliphatic carbocycles. The summed E-state index contributed by atoms with van der Waals surface area (Å²) in [5.74, 6) is 3.91. The summed E-state index contributed by atoms with van der Waals surface area (Å²) >= 11 is 0. The second-order valence-electron chi connectivity index (χ2n) is 10.5. The first-order chi connectivity index (χ1) is 11.1. The Labute approximate surface area is 146 Å². The average molecular weight is 335 g/mol. The minimum Gasteiger partial charge on any atom is -0.459 e. The van der Waals surface area contributed by atoms with Crippen LogP contribution in [0.1, 0.15) is 73.1 Å². The summed E-state index contributed by atoms with van der Waals surface area (Å²) in [4.78, 5) is 12.7. The van der Waals surface area contributed by atoms with E-state index in [0.29, 0.717) is 29.6 Å². The van der Waals surface area contributed by atoms with Crippen LogP contribution >= 0.6 is 0 Å². The first-order valence-electron chi connectivity index (χ1n) is 10.0. The Morgan fingerprint density at radius 2 is 1.50 bits per heavy atom. The number of rotatable bonds is 3. The molecule has 24 heavy (non-hydrogen) atoms. The van der Waals surface area contributed by atoms with Crippen molar-refractivity contribution in [1.82, 2.24) is 0 Å². The number of hydrogen-bond donors (Lipinski definition) is 1. The van der Waals surface area contributed by atoms with Crippen LogP contribution in [0.4, 0.5) is 0 Å². The zero-order valence-corrected chi connectivity index (χ0v) is 16.0. The van der Waals surface area contributed by atoms with E-state index >= 15 is 0 Å². The van der Waals surface area contributed by atoms with Gasteiger partial charge in [-0.2, -0.15) is 0 Å². The van der Waals surface area contributed by atoms with Crippen LogP contribution in [0.3, 0.4) is 0 Å². The van der Waals surface area contributed by atoms with Gasteiger partial charge in [-0.3, -0.25) is 4.79 Å². The Kier molecular flexibility index (Phi) is 3.51. The fourth-order valence-electron chi connectivity index (χ4n) is 6.87. The van der Waals surface area contributed by atoms with Crippen molar-refractivity contribution in [3.05, 3.63) is 0 Å². The number of carbonyl (C=O) groups excluding carboxylic acids is 1. The van der Waals surface area contributed by atoms with Crippen molar-refractivity contribution in [3.8, 4) is 0 Å². The largest absolute Gasteiger partial charge is 0.459 e. The second-order valence-corrected chi connectivity index (χ2v) is 10.5.